The van der Waals surface area contributed by atoms with Gasteiger partial charge in [-0.15, -0.1) is 0 Å². The van der Waals surface area contributed by atoms with Crippen LogP contribution in [0.3, 0.4) is 0 Å². The zero-order chi connectivity index (χ0) is 21.3. The Hall–Kier alpha value is -2.70. The van der Waals surface area contributed by atoms with Crippen molar-refractivity contribution in [2.45, 2.75) is 26.4 Å². The molecule has 0 aliphatic carbocycles. The summed E-state index contributed by atoms with van der Waals surface area (Å²) >= 11 is 0. The van der Waals surface area contributed by atoms with Gasteiger partial charge in [0.1, 0.15) is 6.04 Å². The van der Waals surface area contributed by atoms with E-state index in [4.69, 9.17) is 0 Å². The van der Waals surface area contributed by atoms with E-state index in [2.05, 4.69) is 44.7 Å². The van der Waals surface area contributed by atoms with Gasteiger partial charge in [-0.2, -0.15) is 0 Å². The van der Waals surface area contributed by atoms with E-state index in [1.165, 1.54) is 5.56 Å². The van der Waals surface area contributed by atoms with Gasteiger partial charge in [-0.25, -0.2) is 0 Å². The molecule has 1 saturated heterocycles. The second-order valence-corrected chi connectivity index (χ2v) is 7.96. The first-order valence-electron chi connectivity index (χ1n) is 10.6. The van der Waals surface area contributed by atoms with E-state index in [1.807, 2.05) is 31.2 Å². The van der Waals surface area contributed by atoms with E-state index >= 15 is 0 Å². The molecule has 160 valence electrons. The molecule has 2 amide bonds. The van der Waals surface area contributed by atoms with Gasteiger partial charge in [0.2, 0.25) is 5.91 Å². The number of nitrogens with one attached hydrogen (secondary N) is 2. The van der Waals surface area contributed by atoms with Gasteiger partial charge in [0, 0.05) is 51.4 Å². The Kier molecular flexibility index (Phi) is 7.99. The summed E-state index contributed by atoms with van der Waals surface area (Å²) in [7, 11) is 0. The molecule has 0 spiro atoms. The predicted octanol–water partition coefficient (Wildman–Crippen LogP) is 2.05. The number of aryl methyl sites for hydroxylation is 1. The minimum atomic E-state index is -0.569. The molecule has 0 radical (unpaired) electrons. The third-order valence-electron chi connectivity index (χ3n) is 5.46. The van der Waals surface area contributed by atoms with E-state index in [0.717, 1.165) is 44.8 Å². The number of hydrogen-bond donors (Lipinski definition) is 2. The van der Waals surface area contributed by atoms with Crippen LogP contribution in [0.25, 0.3) is 0 Å². The third-order valence-corrected chi connectivity index (χ3v) is 5.46. The molecule has 0 bridgehead atoms. The van der Waals surface area contributed by atoms with Crippen LogP contribution in [0, 0.1) is 6.92 Å². The number of carbonyl (C=O) groups is 2. The van der Waals surface area contributed by atoms with Crippen molar-refractivity contribution in [1.29, 1.82) is 0 Å². The van der Waals surface area contributed by atoms with Crippen LogP contribution in [0.2, 0.25) is 0 Å². The molecule has 6 nitrogen and oxygen atoms in total. The van der Waals surface area contributed by atoms with Crippen molar-refractivity contribution in [3.8, 4) is 0 Å². The Morgan fingerprint density at radius 3 is 2.37 bits per heavy atom. The number of benzene rings is 2. The van der Waals surface area contributed by atoms with E-state index in [-0.39, 0.29) is 11.8 Å². The molecule has 1 unspecified atom stereocenters. The van der Waals surface area contributed by atoms with Gasteiger partial charge >= 0.3 is 0 Å². The van der Waals surface area contributed by atoms with E-state index < -0.39 is 6.04 Å². The van der Waals surface area contributed by atoms with Crippen LogP contribution < -0.4 is 10.6 Å². The van der Waals surface area contributed by atoms with E-state index in [0.29, 0.717) is 12.1 Å². The lowest BCUT2D eigenvalue weighted by molar-refractivity contribution is -0.122. The molecule has 6 heteroatoms. The van der Waals surface area contributed by atoms with Crippen molar-refractivity contribution in [3.05, 3.63) is 71.3 Å². The van der Waals surface area contributed by atoms with Crippen LogP contribution >= 0.6 is 0 Å². The smallest absolute Gasteiger partial charge is 0.251 e. The van der Waals surface area contributed by atoms with Crippen LogP contribution in [0.1, 0.15) is 28.4 Å². The molecule has 0 saturated carbocycles. The molecular weight excluding hydrogens is 376 g/mol. The van der Waals surface area contributed by atoms with Gasteiger partial charge in [-0.1, -0.05) is 48.0 Å². The lowest BCUT2D eigenvalue weighted by Gasteiger charge is -2.34. The summed E-state index contributed by atoms with van der Waals surface area (Å²) in [6.45, 7) is 10.1. The summed E-state index contributed by atoms with van der Waals surface area (Å²) in [5.74, 6) is -0.380. The number of amides is 2. The van der Waals surface area contributed by atoms with Crippen LogP contribution in [0.4, 0.5) is 0 Å². The van der Waals surface area contributed by atoms with Crippen molar-refractivity contribution in [2.24, 2.45) is 0 Å². The first kappa shape index (κ1) is 22.0. The first-order valence-corrected chi connectivity index (χ1v) is 10.6. The highest BCUT2D eigenvalue weighted by Gasteiger charge is 2.19. The van der Waals surface area contributed by atoms with Gasteiger partial charge in [0.05, 0.1) is 0 Å². The largest absolute Gasteiger partial charge is 0.353 e. The van der Waals surface area contributed by atoms with E-state index in [9.17, 15) is 9.59 Å². The third kappa shape index (κ3) is 6.68. The van der Waals surface area contributed by atoms with Gasteiger partial charge in [-0.05, 0) is 31.5 Å². The standard InChI is InChI=1S/C24H32N4O2/c1-19-7-6-10-22(17-19)24(30)26-20(2)23(29)25-11-12-27-13-15-28(16-14-27)18-21-8-4-3-5-9-21/h3-10,17,20H,11-16,18H2,1-2H3,(H,25,29)(H,26,30). The maximum Gasteiger partial charge on any atom is 0.251 e. The SMILES string of the molecule is Cc1cccc(C(=O)NC(C)C(=O)NCCN2CCN(Cc3ccccc3)CC2)c1. The number of rotatable bonds is 8. The van der Waals surface area contributed by atoms with Gasteiger partial charge in [0.25, 0.3) is 5.91 Å². The van der Waals surface area contributed by atoms with Crippen molar-refractivity contribution in [3.63, 3.8) is 0 Å². The molecule has 2 aromatic rings. The summed E-state index contributed by atoms with van der Waals surface area (Å²) in [4.78, 5) is 29.5. The van der Waals surface area contributed by atoms with Crippen molar-refractivity contribution < 1.29 is 9.59 Å². The summed E-state index contributed by atoms with van der Waals surface area (Å²) in [5, 5.41) is 5.71. The summed E-state index contributed by atoms with van der Waals surface area (Å²) < 4.78 is 0. The summed E-state index contributed by atoms with van der Waals surface area (Å²) in [5.41, 5.74) is 2.94. The average Bonchev–Trinajstić information content (AvgIpc) is 2.75. The highest BCUT2D eigenvalue weighted by molar-refractivity contribution is 5.97. The number of carbonyl (C=O) groups excluding carboxylic acids is 2. The molecule has 1 atom stereocenters. The predicted molar refractivity (Wildman–Crippen MR) is 119 cm³/mol. The maximum absolute atomic E-state index is 12.3. The zero-order valence-corrected chi connectivity index (χ0v) is 17.9. The first-order chi connectivity index (χ1) is 14.5. The summed E-state index contributed by atoms with van der Waals surface area (Å²) in [6.07, 6.45) is 0. The molecular formula is C24H32N4O2. The molecule has 1 aliphatic rings. The topological polar surface area (TPSA) is 64.7 Å². The maximum atomic E-state index is 12.3. The molecule has 30 heavy (non-hydrogen) atoms. The zero-order valence-electron chi connectivity index (χ0n) is 17.9. The fourth-order valence-electron chi connectivity index (χ4n) is 3.63. The van der Waals surface area contributed by atoms with E-state index in [1.54, 1.807) is 13.0 Å². The van der Waals surface area contributed by atoms with Crippen LogP contribution in [-0.4, -0.2) is 66.9 Å². The Labute approximate surface area is 179 Å². The molecule has 1 aliphatic heterocycles. The minimum Gasteiger partial charge on any atom is -0.353 e. The second kappa shape index (κ2) is 10.9. The Balaban J connectivity index is 1.33. The van der Waals surface area contributed by atoms with Crippen LogP contribution in [0.15, 0.2) is 54.6 Å². The lowest BCUT2D eigenvalue weighted by atomic mass is 10.1. The average molecular weight is 409 g/mol. The number of piperazine rings is 1. The van der Waals surface area contributed by atoms with Crippen molar-refractivity contribution >= 4 is 11.8 Å². The molecule has 1 heterocycles. The highest BCUT2D eigenvalue weighted by atomic mass is 16.2. The lowest BCUT2D eigenvalue weighted by Crippen LogP contribution is -2.50. The minimum absolute atomic E-state index is 0.154. The Bertz CT molecular complexity index is 832. The Morgan fingerprint density at radius 2 is 1.67 bits per heavy atom. The monoisotopic (exact) mass is 408 g/mol. The highest BCUT2D eigenvalue weighted by Crippen LogP contribution is 2.08. The van der Waals surface area contributed by atoms with Gasteiger partial charge in [0.15, 0.2) is 0 Å². The normalized spacial score (nSPS) is 16.1. The van der Waals surface area contributed by atoms with Gasteiger partial charge in [-0.3, -0.25) is 19.4 Å². The van der Waals surface area contributed by atoms with Crippen LogP contribution in [-0.2, 0) is 11.3 Å². The fraction of sp³-hybridized carbons (Fsp3) is 0.417. The molecule has 1 fully saturated rings. The van der Waals surface area contributed by atoms with Gasteiger partial charge < -0.3 is 10.6 Å². The molecule has 2 aromatic carbocycles. The Morgan fingerprint density at radius 1 is 0.967 bits per heavy atom. The number of hydrogen-bond acceptors (Lipinski definition) is 4. The van der Waals surface area contributed by atoms with Crippen LogP contribution in [0.5, 0.6) is 0 Å². The molecule has 3 rings (SSSR count). The molecule has 0 aromatic heterocycles. The fourth-order valence-corrected chi connectivity index (χ4v) is 3.63. The van der Waals surface area contributed by atoms with Crippen molar-refractivity contribution in [1.82, 2.24) is 20.4 Å². The number of nitrogens with zero attached hydrogens (tertiary/aromatic N) is 2. The summed E-state index contributed by atoms with van der Waals surface area (Å²) in [6, 6.07) is 17.3. The van der Waals surface area contributed by atoms with Crippen molar-refractivity contribution in [2.75, 3.05) is 39.3 Å². The quantitative estimate of drug-likeness (QED) is 0.702. The molecule has 2 N–H and O–H groups in total. The second-order valence-electron chi connectivity index (χ2n) is 7.96.